The van der Waals surface area contributed by atoms with Crippen LogP contribution in [0.25, 0.3) is 0 Å². The molecule has 8 heteroatoms. The van der Waals surface area contributed by atoms with Gasteiger partial charge in [0.05, 0.1) is 17.7 Å². The maximum Gasteiger partial charge on any atom is 0.305 e. The fourth-order valence-corrected chi connectivity index (χ4v) is 2.93. The molecule has 0 bridgehead atoms. The van der Waals surface area contributed by atoms with E-state index in [0.29, 0.717) is 12.1 Å². The van der Waals surface area contributed by atoms with Gasteiger partial charge in [-0.3, -0.25) is 9.59 Å². The Labute approximate surface area is 129 Å². The Balaban J connectivity index is 2.64. The van der Waals surface area contributed by atoms with E-state index < -0.39 is 22.0 Å². The number of hydrogen-bond acceptors (Lipinski definition) is 4. The molecular weight excluding hydrogens is 308 g/mol. The fourth-order valence-electron chi connectivity index (χ4n) is 1.88. The standard InChI is InChI=1S/C14H20N2O5S/c1-3-15-22(20,21)12-6-4-11(5-7-12)9-13(17)16-10(2)8-14(18)19/h4-7,10,15H,3,8-9H2,1-2H3,(H,16,17)(H,18,19). The first-order chi connectivity index (χ1) is 10.2. The molecule has 7 nitrogen and oxygen atoms in total. The Morgan fingerprint density at radius 3 is 2.32 bits per heavy atom. The number of aliphatic carboxylic acids is 1. The molecule has 122 valence electrons. The minimum atomic E-state index is -3.50. The summed E-state index contributed by atoms with van der Waals surface area (Å²) in [6, 6.07) is 5.53. The lowest BCUT2D eigenvalue weighted by Crippen LogP contribution is -2.35. The normalized spacial score (nSPS) is 12.6. The van der Waals surface area contributed by atoms with Crippen molar-refractivity contribution >= 4 is 21.9 Å². The van der Waals surface area contributed by atoms with Gasteiger partial charge in [-0.1, -0.05) is 19.1 Å². The van der Waals surface area contributed by atoms with E-state index >= 15 is 0 Å². The number of nitrogens with one attached hydrogen (secondary N) is 2. The maximum absolute atomic E-state index is 11.8. The first-order valence-electron chi connectivity index (χ1n) is 6.84. The number of benzene rings is 1. The zero-order valence-corrected chi connectivity index (χ0v) is 13.3. The molecule has 0 aromatic heterocycles. The number of carbonyl (C=O) groups is 2. The summed E-state index contributed by atoms with van der Waals surface area (Å²) in [5, 5.41) is 11.2. The topological polar surface area (TPSA) is 113 Å². The van der Waals surface area contributed by atoms with Crippen molar-refractivity contribution in [1.29, 1.82) is 0 Å². The Bertz CT molecular complexity index is 625. The molecule has 1 unspecified atom stereocenters. The van der Waals surface area contributed by atoms with Gasteiger partial charge in [-0.15, -0.1) is 0 Å². The lowest BCUT2D eigenvalue weighted by Gasteiger charge is -2.11. The van der Waals surface area contributed by atoms with Gasteiger partial charge in [0.1, 0.15) is 0 Å². The second kappa shape index (κ2) is 7.90. The molecule has 0 spiro atoms. The highest BCUT2D eigenvalue weighted by Crippen LogP contribution is 2.11. The van der Waals surface area contributed by atoms with Crippen molar-refractivity contribution in [3.05, 3.63) is 29.8 Å². The van der Waals surface area contributed by atoms with E-state index in [2.05, 4.69) is 10.0 Å². The third-order valence-corrected chi connectivity index (χ3v) is 4.38. The largest absolute Gasteiger partial charge is 0.481 e. The molecule has 1 aromatic rings. The maximum atomic E-state index is 11.8. The van der Waals surface area contributed by atoms with Crippen LogP contribution in [-0.4, -0.2) is 38.0 Å². The van der Waals surface area contributed by atoms with Crippen LogP contribution < -0.4 is 10.0 Å². The van der Waals surface area contributed by atoms with Crippen molar-refractivity contribution in [2.45, 2.75) is 37.6 Å². The van der Waals surface area contributed by atoms with E-state index in [1.54, 1.807) is 26.0 Å². The summed E-state index contributed by atoms with van der Waals surface area (Å²) >= 11 is 0. The summed E-state index contributed by atoms with van der Waals surface area (Å²) in [7, 11) is -3.50. The summed E-state index contributed by atoms with van der Waals surface area (Å²) in [4.78, 5) is 22.4. The molecule has 0 aliphatic carbocycles. The third-order valence-electron chi connectivity index (χ3n) is 2.82. The molecule has 0 saturated heterocycles. The predicted octanol–water partition coefficient (Wildman–Crippen LogP) is 0.507. The van der Waals surface area contributed by atoms with Gasteiger partial charge < -0.3 is 10.4 Å². The number of carboxylic acid groups (broad SMARTS) is 1. The van der Waals surface area contributed by atoms with Gasteiger partial charge in [0, 0.05) is 12.6 Å². The van der Waals surface area contributed by atoms with E-state index in [9.17, 15) is 18.0 Å². The molecule has 3 N–H and O–H groups in total. The molecule has 1 amide bonds. The van der Waals surface area contributed by atoms with Gasteiger partial charge in [0.15, 0.2) is 0 Å². The molecule has 0 aliphatic rings. The van der Waals surface area contributed by atoms with Gasteiger partial charge in [0.25, 0.3) is 0 Å². The number of hydrogen-bond donors (Lipinski definition) is 3. The SMILES string of the molecule is CCNS(=O)(=O)c1ccc(CC(=O)NC(C)CC(=O)O)cc1. The average Bonchev–Trinajstić information content (AvgIpc) is 2.37. The summed E-state index contributed by atoms with van der Waals surface area (Å²) in [6.07, 6.45) is -0.0862. The van der Waals surface area contributed by atoms with Crippen molar-refractivity contribution in [2.75, 3.05) is 6.54 Å². The van der Waals surface area contributed by atoms with E-state index in [4.69, 9.17) is 5.11 Å². The van der Waals surface area contributed by atoms with Crippen molar-refractivity contribution in [2.24, 2.45) is 0 Å². The number of amides is 1. The molecule has 0 fully saturated rings. The van der Waals surface area contributed by atoms with Crippen LogP contribution in [0.5, 0.6) is 0 Å². The molecular formula is C14H20N2O5S. The van der Waals surface area contributed by atoms with E-state index in [-0.39, 0.29) is 23.6 Å². The number of carbonyl (C=O) groups excluding carboxylic acids is 1. The molecule has 22 heavy (non-hydrogen) atoms. The second-order valence-corrected chi connectivity index (χ2v) is 6.66. The van der Waals surface area contributed by atoms with Crippen molar-refractivity contribution in [1.82, 2.24) is 10.0 Å². The van der Waals surface area contributed by atoms with Crippen LogP contribution >= 0.6 is 0 Å². The predicted molar refractivity (Wildman–Crippen MR) is 80.9 cm³/mol. The highest BCUT2D eigenvalue weighted by Gasteiger charge is 2.14. The summed E-state index contributed by atoms with van der Waals surface area (Å²) in [5.74, 6) is -1.29. The smallest absolute Gasteiger partial charge is 0.305 e. The van der Waals surface area contributed by atoms with Crippen LogP contribution in [0, 0.1) is 0 Å². The van der Waals surface area contributed by atoms with Gasteiger partial charge in [-0.05, 0) is 24.6 Å². The molecule has 1 aromatic carbocycles. The van der Waals surface area contributed by atoms with Crippen molar-refractivity contribution in [3.63, 3.8) is 0 Å². The molecule has 1 atom stereocenters. The summed E-state index contributed by atoms with van der Waals surface area (Å²) < 4.78 is 25.9. The Hall–Kier alpha value is -1.93. The highest BCUT2D eigenvalue weighted by atomic mass is 32.2. The monoisotopic (exact) mass is 328 g/mol. The van der Waals surface area contributed by atoms with Crippen LogP contribution in [0.15, 0.2) is 29.2 Å². The van der Waals surface area contributed by atoms with Crippen LogP contribution in [0.1, 0.15) is 25.8 Å². The molecule has 0 aliphatic heterocycles. The van der Waals surface area contributed by atoms with Gasteiger partial charge in [-0.25, -0.2) is 13.1 Å². The fraction of sp³-hybridized carbons (Fsp3) is 0.429. The number of sulfonamides is 1. The average molecular weight is 328 g/mol. The lowest BCUT2D eigenvalue weighted by molar-refractivity contribution is -0.137. The van der Waals surface area contributed by atoms with Gasteiger partial charge >= 0.3 is 5.97 Å². The second-order valence-electron chi connectivity index (χ2n) is 4.89. The van der Waals surface area contributed by atoms with Crippen LogP contribution in [0.2, 0.25) is 0 Å². The zero-order chi connectivity index (χ0) is 16.8. The van der Waals surface area contributed by atoms with Crippen LogP contribution in [0.4, 0.5) is 0 Å². The Morgan fingerprint density at radius 1 is 1.23 bits per heavy atom. The van der Waals surface area contributed by atoms with Crippen LogP contribution in [0.3, 0.4) is 0 Å². The zero-order valence-electron chi connectivity index (χ0n) is 12.5. The molecule has 0 heterocycles. The van der Waals surface area contributed by atoms with Gasteiger partial charge in [-0.2, -0.15) is 0 Å². The highest BCUT2D eigenvalue weighted by molar-refractivity contribution is 7.89. The third kappa shape index (κ3) is 5.82. The lowest BCUT2D eigenvalue weighted by atomic mass is 10.1. The Morgan fingerprint density at radius 2 is 1.82 bits per heavy atom. The first kappa shape index (κ1) is 18.1. The summed E-state index contributed by atoms with van der Waals surface area (Å²) in [6.45, 7) is 3.60. The molecule has 1 rings (SSSR count). The first-order valence-corrected chi connectivity index (χ1v) is 8.32. The quantitative estimate of drug-likeness (QED) is 0.643. The molecule has 0 radical (unpaired) electrons. The minimum Gasteiger partial charge on any atom is -0.481 e. The summed E-state index contributed by atoms with van der Waals surface area (Å²) in [5.41, 5.74) is 0.649. The number of carboxylic acids is 1. The minimum absolute atomic E-state index is 0.0610. The van der Waals surface area contributed by atoms with Crippen molar-refractivity contribution < 1.29 is 23.1 Å². The van der Waals surface area contributed by atoms with E-state index in [1.165, 1.54) is 12.1 Å². The van der Waals surface area contributed by atoms with Crippen molar-refractivity contribution in [3.8, 4) is 0 Å². The van der Waals surface area contributed by atoms with Gasteiger partial charge in [0.2, 0.25) is 15.9 Å². The van der Waals surface area contributed by atoms with E-state index in [0.717, 1.165) is 0 Å². The number of rotatable bonds is 8. The molecule has 0 saturated carbocycles. The Kier molecular flexibility index (Phi) is 6.51. The van der Waals surface area contributed by atoms with E-state index in [1.807, 2.05) is 0 Å². The van der Waals surface area contributed by atoms with Crippen LogP contribution in [-0.2, 0) is 26.0 Å².